The average molecular weight is 399 g/mol. The monoisotopic (exact) mass is 399 g/mol. The van der Waals surface area contributed by atoms with Gasteiger partial charge in [0.2, 0.25) is 0 Å². The molecule has 3 fully saturated rings. The number of carboxylic acids is 1. The number of carbonyl (C=O) groups is 2. The van der Waals surface area contributed by atoms with Gasteiger partial charge in [0.15, 0.2) is 23.4 Å². The fourth-order valence-electron chi connectivity index (χ4n) is 6.72. The van der Waals surface area contributed by atoms with Gasteiger partial charge < -0.3 is 19.7 Å². The first kappa shape index (κ1) is 17.7. The molecule has 29 heavy (non-hydrogen) atoms. The van der Waals surface area contributed by atoms with Crippen molar-refractivity contribution in [2.24, 2.45) is 5.92 Å². The van der Waals surface area contributed by atoms with Crippen LogP contribution >= 0.6 is 0 Å². The van der Waals surface area contributed by atoms with Crippen LogP contribution in [0, 0.1) is 5.92 Å². The van der Waals surface area contributed by atoms with Crippen molar-refractivity contribution in [3.63, 3.8) is 0 Å². The number of aromatic hydroxyl groups is 1. The summed E-state index contributed by atoms with van der Waals surface area (Å²) in [4.78, 5) is 26.9. The number of hydrogen-bond donors (Lipinski definition) is 2. The molecule has 5 aliphatic rings. The number of phenolic OH excluding ortho intramolecular Hbond substituents is 1. The first-order valence-electron chi connectivity index (χ1n) is 10.6. The molecule has 1 aromatic rings. The molecule has 7 nitrogen and oxygen atoms in total. The van der Waals surface area contributed by atoms with Crippen LogP contribution in [0.2, 0.25) is 0 Å². The average Bonchev–Trinajstić information content (AvgIpc) is 3.43. The van der Waals surface area contributed by atoms with Crippen molar-refractivity contribution in [3.05, 3.63) is 23.3 Å². The van der Waals surface area contributed by atoms with Gasteiger partial charge in [-0.3, -0.25) is 9.69 Å². The Hall–Kier alpha value is -2.12. The van der Waals surface area contributed by atoms with E-state index in [1.54, 1.807) is 6.07 Å². The van der Waals surface area contributed by atoms with Gasteiger partial charge in [-0.2, -0.15) is 0 Å². The second-order valence-electron chi connectivity index (χ2n) is 9.36. The van der Waals surface area contributed by atoms with Gasteiger partial charge in [0, 0.05) is 24.6 Å². The molecule has 4 atom stereocenters. The van der Waals surface area contributed by atoms with Crippen LogP contribution < -0.4 is 4.74 Å². The van der Waals surface area contributed by atoms with E-state index >= 15 is 0 Å². The van der Waals surface area contributed by atoms with E-state index in [1.165, 1.54) is 12.8 Å². The largest absolute Gasteiger partial charge is 0.504 e. The Bertz CT molecular complexity index is 926. The number of piperidine rings is 1. The number of ketones is 1. The predicted molar refractivity (Wildman–Crippen MR) is 101 cm³/mol. The highest BCUT2D eigenvalue weighted by Crippen LogP contribution is 2.66. The second kappa shape index (κ2) is 5.73. The van der Waals surface area contributed by atoms with Crippen molar-refractivity contribution < 1.29 is 29.3 Å². The molecular weight excluding hydrogens is 374 g/mol. The quantitative estimate of drug-likeness (QED) is 0.777. The van der Waals surface area contributed by atoms with Crippen molar-refractivity contribution in [1.29, 1.82) is 0 Å². The van der Waals surface area contributed by atoms with Crippen LogP contribution in [-0.2, 0) is 26.2 Å². The zero-order valence-corrected chi connectivity index (χ0v) is 16.2. The summed E-state index contributed by atoms with van der Waals surface area (Å²) < 4.78 is 12.5. The van der Waals surface area contributed by atoms with Crippen LogP contribution in [0.3, 0.4) is 0 Å². The number of carboxylic acid groups (broad SMARTS) is 1. The van der Waals surface area contributed by atoms with E-state index in [0.717, 1.165) is 30.6 Å². The summed E-state index contributed by atoms with van der Waals surface area (Å²) in [7, 11) is 0. The fraction of sp³-hybridized carbons (Fsp3) is 0.636. The van der Waals surface area contributed by atoms with Gasteiger partial charge >= 0.3 is 5.97 Å². The molecule has 2 saturated carbocycles. The van der Waals surface area contributed by atoms with Crippen LogP contribution in [0.15, 0.2) is 12.1 Å². The molecule has 2 aliphatic heterocycles. The Balaban J connectivity index is 1.56. The number of phenols is 1. The Morgan fingerprint density at radius 2 is 2.14 bits per heavy atom. The second-order valence-corrected chi connectivity index (χ2v) is 9.36. The first-order valence-corrected chi connectivity index (χ1v) is 10.6. The lowest BCUT2D eigenvalue weighted by molar-refractivity contribution is -0.216. The van der Waals surface area contributed by atoms with Gasteiger partial charge in [-0.15, -0.1) is 0 Å². The summed E-state index contributed by atoms with van der Waals surface area (Å²) in [5.74, 6) is 0.180. The minimum absolute atomic E-state index is 0.0124. The van der Waals surface area contributed by atoms with Crippen molar-refractivity contribution in [2.75, 3.05) is 19.7 Å². The minimum atomic E-state index is -1.00. The third-order valence-electron chi connectivity index (χ3n) is 7.97. The maximum Gasteiger partial charge on any atom is 0.329 e. The van der Waals surface area contributed by atoms with Gasteiger partial charge in [0.05, 0.1) is 11.0 Å². The number of aliphatic carboxylic acids is 1. The molecule has 6 rings (SSSR count). The molecule has 1 spiro atoms. The van der Waals surface area contributed by atoms with Gasteiger partial charge in [-0.1, -0.05) is 6.07 Å². The Morgan fingerprint density at radius 1 is 1.31 bits per heavy atom. The summed E-state index contributed by atoms with van der Waals surface area (Å²) >= 11 is 0. The minimum Gasteiger partial charge on any atom is -0.504 e. The predicted octanol–water partition coefficient (Wildman–Crippen LogP) is 1.63. The number of benzene rings is 1. The number of likely N-dealkylation sites (tertiary alicyclic amines) is 1. The van der Waals surface area contributed by atoms with Crippen LogP contribution in [-0.4, -0.2) is 64.3 Å². The molecule has 2 heterocycles. The zero-order chi connectivity index (χ0) is 20.0. The Kier molecular flexibility index (Phi) is 3.50. The van der Waals surface area contributed by atoms with Crippen molar-refractivity contribution in [2.45, 2.75) is 61.7 Å². The highest BCUT2D eigenvalue weighted by atomic mass is 16.5. The Morgan fingerprint density at radius 3 is 2.90 bits per heavy atom. The lowest BCUT2D eigenvalue weighted by Crippen LogP contribution is -2.77. The molecule has 0 radical (unpaired) electrons. The highest BCUT2D eigenvalue weighted by Gasteiger charge is 2.74. The lowest BCUT2D eigenvalue weighted by Gasteiger charge is -2.64. The van der Waals surface area contributed by atoms with Crippen LogP contribution in [0.25, 0.3) is 0 Å². The van der Waals surface area contributed by atoms with Crippen molar-refractivity contribution in [1.82, 2.24) is 4.90 Å². The van der Waals surface area contributed by atoms with Crippen molar-refractivity contribution in [3.8, 4) is 11.5 Å². The summed E-state index contributed by atoms with van der Waals surface area (Å²) in [6.45, 7) is 1.44. The SMILES string of the molecule is O=C(O)CO[C@@]12CCC(=O)C3Oc4c(O)ccc5c4[C@@]31CCN(CC1CC1)[C@@H]2C5. The molecule has 0 aromatic heterocycles. The molecular formula is C22H25NO6. The van der Waals surface area contributed by atoms with E-state index in [-0.39, 0.29) is 24.2 Å². The zero-order valence-electron chi connectivity index (χ0n) is 16.2. The van der Waals surface area contributed by atoms with Gasteiger partial charge in [-0.25, -0.2) is 4.79 Å². The summed E-state index contributed by atoms with van der Waals surface area (Å²) in [5.41, 5.74) is 0.478. The molecule has 154 valence electrons. The van der Waals surface area contributed by atoms with E-state index in [2.05, 4.69) is 4.90 Å². The molecule has 1 unspecified atom stereocenters. The van der Waals surface area contributed by atoms with Crippen molar-refractivity contribution >= 4 is 11.8 Å². The third kappa shape index (κ3) is 2.15. The smallest absolute Gasteiger partial charge is 0.329 e. The number of hydrogen-bond acceptors (Lipinski definition) is 6. The number of carbonyl (C=O) groups excluding carboxylic acids is 1. The molecule has 0 amide bonds. The Labute approximate surface area is 168 Å². The fourth-order valence-corrected chi connectivity index (χ4v) is 6.72. The highest BCUT2D eigenvalue weighted by molar-refractivity contribution is 5.90. The first-order chi connectivity index (χ1) is 14.0. The van der Waals surface area contributed by atoms with E-state index in [0.29, 0.717) is 30.9 Å². The standard InChI is InChI=1S/C22H25NO6/c24-14-4-3-13-9-16-22(28-11-17(26)27)6-5-15(25)20-21(22,18(13)19(14)29-20)7-8-23(16)10-12-1-2-12/h3-4,12,16,20,24H,1-2,5-11H2,(H,26,27)/t16-,20?,21+,22-/m1/s1. The summed E-state index contributed by atoms with van der Waals surface area (Å²) in [6, 6.07) is 3.60. The topological polar surface area (TPSA) is 96.3 Å². The molecule has 2 bridgehead atoms. The summed E-state index contributed by atoms with van der Waals surface area (Å²) in [5, 5.41) is 19.9. The van der Waals surface area contributed by atoms with Crippen LogP contribution in [0.4, 0.5) is 0 Å². The number of rotatable bonds is 5. The maximum atomic E-state index is 13.0. The van der Waals surface area contributed by atoms with Gasteiger partial charge in [0.25, 0.3) is 0 Å². The van der Waals surface area contributed by atoms with Crippen LogP contribution in [0.1, 0.15) is 43.2 Å². The third-order valence-corrected chi connectivity index (χ3v) is 7.97. The number of nitrogens with zero attached hydrogens (tertiary/aromatic N) is 1. The number of ether oxygens (including phenoxy) is 2. The van der Waals surface area contributed by atoms with Gasteiger partial charge in [-0.05, 0) is 56.2 Å². The molecule has 2 N–H and O–H groups in total. The van der Waals surface area contributed by atoms with Crippen LogP contribution in [0.5, 0.6) is 11.5 Å². The van der Waals surface area contributed by atoms with E-state index in [4.69, 9.17) is 9.47 Å². The van der Waals surface area contributed by atoms with Gasteiger partial charge in [0.1, 0.15) is 6.61 Å². The molecule has 1 saturated heterocycles. The van der Waals surface area contributed by atoms with E-state index in [9.17, 15) is 19.8 Å². The molecule has 7 heteroatoms. The van der Waals surface area contributed by atoms with E-state index in [1.807, 2.05) is 6.07 Å². The van der Waals surface area contributed by atoms with E-state index < -0.39 is 23.1 Å². The maximum absolute atomic E-state index is 13.0. The normalized spacial score (nSPS) is 37.2. The lowest BCUT2D eigenvalue weighted by atomic mass is 9.48. The summed E-state index contributed by atoms with van der Waals surface area (Å²) in [6.07, 6.45) is 3.99. The molecule has 3 aliphatic carbocycles. The number of Topliss-reactive ketones (excluding diaryl/α,β-unsaturated/α-hetero) is 1. The molecule has 1 aromatic carbocycles.